The third-order valence-corrected chi connectivity index (χ3v) is 6.47. The van der Waals surface area contributed by atoms with Crippen molar-refractivity contribution < 1.29 is 0 Å². The Morgan fingerprint density at radius 2 is 0.677 bits per heavy atom. The molecule has 0 amide bonds. The van der Waals surface area contributed by atoms with Crippen LogP contribution in [0.3, 0.4) is 0 Å². The van der Waals surface area contributed by atoms with Gasteiger partial charge in [0, 0.05) is 0 Å². The fourth-order valence-electron chi connectivity index (χ4n) is 4.79. The molecule has 0 N–H and O–H groups in total. The number of hydrogen-bond donors (Lipinski definition) is 0. The van der Waals surface area contributed by atoms with Crippen LogP contribution in [0.4, 0.5) is 0 Å². The predicted octanol–water partition coefficient (Wildman–Crippen LogP) is 8.47. The SMILES string of the molecule is c1ccc2cc3cc(CCCc4ccc5cc6ccccc6cc5c4)ccc3cc2c1. The second kappa shape index (κ2) is 7.56. The lowest BCUT2D eigenvalue weighted by Gasteiger charge is -2.08. The summed E-state index contributed by atoms with van der Waals surface area (Å²) in [4.78, 5) is 0. The summed E-state index contributed by atoms with van der Waals surface area (Å²) in [5.41, 5.74) is 2.85. The Bertz CT molecular complexity index is 1440. The number of benzene rings is 6. The summed E-state index contributed by atoms with van der Waals surface area (Å²) < 4.78 is 0. The summed E-state index contributed by atoms with van der Waals surface area (Å²) in [5, 5.41) is 10.6. The Hall–Kier alpha value is -3.64. The summed E-state index contributed by atoms with van der Waals surface area (Å²) in [7, 11) is 0. The molecule has 0 unspecified atom stereocenters. The lowest BCUT2D eigenvalue weighted by atomic mass is 9.97. The molecule has 0 aromatic heterocycles. The molecule has 0 atom stereocenters. The molecule has 0 spiro atoms. The molecule has 0 aliphatic rings. The zero-order valence-electron chi connectivity index (χ0n) is 17.5. The average molecular weight is 397 g/mol. The first kappa shape index (κ1) is 18.2. The molecular formula is C31H24. The standard InChI is InChI=1S/C31H24/c1-3-10-26-20-30-16-22(12-14-28(30)18-24(26)8-1)6-5-7-23-13-15-29-19-25-9-2-4-11-27(25)21-31(29)17-23/h1-4,8-21H,5-7H2. The van der Waals surface area contributed by atoms with E-state index in [2.05, 4.69) is 109 Å². The van der Waals surface area contributed by atoms with Gasteiger partial charge in [0.25, 0.3) is 0 Å². The van der Waals surface area contributed by atoms with Crippen molar-refractivity contribution in [1.29, 1.82) is 0 Å². The summed E-state index contributed by atoms with van der Waals surface area (Å²) in [6.07, 6.45) is 3.38. The molecule has 0 saturated heterocycles. The van der Waals surface area contributed by atoms with E-state index in [-0.39, 0.29) is 0 Å². The van der Waals surface area contributed by atoms with E-state index >= 15 is 0 Å². The summed E-state index contributed by atoms with van der Waals surface area (Å²) in [5.74, 6) is 0. The monoisotopic (exact) mass is 396 g/mol. The number of hydrogen-bond acceptors (Lipinski definition) is 0. The maximum absolute atomic E-state index is 2.37. The minimum Gasteiger partial charge on any atom is -0.0616 e. The van der Waals surface area contributed by atoms with E-state index < -0.39 is 0 Å². The van der Waals surface area contributed by atoms with Crippen LogP contribution in [-0.4, -0.2) is 0 Å². The van der Waals surface area contributed by atoms with E-state index in [0.717, 1.165) is 19.3 Å². The van der Waals surface area contributed by atoms with E-state index in [9.17, 15) is 0 Å². The lowest BCUT2D eigenvalue weighted by Crippen LogP contribution is -1.91. The normalized spacial score (nSPS) is 11.6. The molecule has 0 heteroatoms. The van der Waals surface area contributed by atoms with Gasteiger partial charge in [-0.25, -0.2) is 0 Å². The Kier molecular flexibility index (Phi) is 4.43. The highest BCUT2D eigenvalue weighted by Crippen LogP contribution is 2.26. The molecule has 0 fully saturated rings. The number of rotatable bonds is 4. The first-order chi connectivity index (χ1) is 15.3. The largest absolute Gasteiger partial charge is 0.0616 e. The minimum absolute atomic E-state index is 1.11. The highest BCUT2D eigenvalue weighted by atomic mass is 14.1. The molecule has 6 aromatic rings. The fourth-order valence-corrected chi connectivity index (χ4v) is 4.79. The third-order valence-electron chi connectivity index (χ3n) is 6.47. The van der Waals surface area contributed by atoms with E-state index in [1.54, 1.807) is 0 Å². The molecule has 0 radical (unpaired) electrons. The van der Waals surface area contributed by atoms with Crippen LogP contribution < -0.4 is 0 Å². The maximum atomic E-state index is 2.37. The van der Waals surface area contributed by atoms with Crippen molar-refractivity contribution >= 4 is 43.1 Å². The van der Waals surface area contributed by atoms with Crippen molar-refractivity contribution in [2.24, 2.45) is 0 Å². The van der Waals surface area contributed by atoms with Gasteiger partial charge in [0.05, 0.1) is 0 Å². The van der Waals surface area contributed by atoms with Gasteiger partial charge >= 0.3 is 0 Å². The lowest BCUT2D eigenvalue weighted by molar-refractivity contribution is 0.822. The van der Waals surface area contributed by atoms with Gasteiger partial charge in [-0.1, -0.05) is 84.9 Å². The number of aryl methyl sites for hydroxylation is 2. The van der Waals surface area contributed by atoms with E-state index in [1.165, 1.54) is 54.2 Å². The van der Waals surface area contributed by atoms with Crippen LogP contribution in [0, 0.1) is 0 Å². The predicted molar refractivity (Wildman–Crippen MR) is 135 cm³/mol. The summed E-state index contributed by atoms with van der Waals surface area (Å²) in [6, 6.07) is 40.3. The zero-order chi connectivity index (χ0) is 20.6. The molecule has 0 aliphatic carbocycles. The Labute approximate surface area is 182 Å². The molecule has 0 nitrogen and oxygen atoms in total. The van der Waals surface area contributed by atoms with Gasteiger partial charge < -0.3 is 0 Å². The topological polar surface area (TPSA) is 0 Å². The molecule has 0 heterocycles. The van der Waals surface area contributed by atoms with Crippen molar-refractivity contribution in [2.75, 3.05) is 0 Å². The minimum atomic E-state index is 1.11. The zero-order valence-corrected chi connectivity index (χ0v) is 17.5. The van der Waals surface area contributed by atoms with Gasteiger partial charge in [-0.15, -0.1) is 0 Å². The highest BCUT2D eigenvalue weighted by molar-refractivity contribution is 5.99. The van der Waals surface area contributed by atoms with E-state index in [1.807, 2.05) is 0 Å². The van der Waals surface area contributed by atoms with Crippen LogP contribution in [0.15, 0.2) is 109 Å². The van der Waals surface area contributed by atoms with Crippen LogP contribution in [0.2, 0.25) is 0 Å². The van der Waals surface area contributed by atoms with E-state index in [4.69, 9.17) is 0 Å². The van der Waals surface area contributed by atoms with Crippen molar-refractivity contribution in [3.8, 4) is 0 Å². The van der Waals surface area contributed by atoms with Crippen molar-refractivity contribution in [3.63, 3.8) is 0 Å². The van der Waals surface area contributed by atoms with Crippen LogP contribution in [-0.2, 0) is 12.8 Å². The van der Waals surface area contributed by atoms with Crippen LogP contribution in [0.1, 0.15) is 17.5 Å². The molecule has 148 valence electrons. The van der Waals surface area contributed by atoms with Gasteiger partial charge in [-0.2, -0.15) is 0 Å². The molecule has 6 aromatic carbocycles. The van der Waals surface area contributed by atoms with Gasteiger partial charge in [-0.3, -0.25) is 0 Å². The average Bonchev–Trinajstić information content (AvgIpc) is 2.81. The molecule has 6 rings (SSSR count). The van der Waals surface area contributed by atoms with Gasteiger partial charge in [0.15, 0.2) is 0 Å². The van der Waals surface area contributed by atoms with Gasteiger partial charge in [0.2, 0.25) is 0 Å². The van der Waals surface area contributed by atoms with Crippen molar-refractivity contribution in [3.05, 3.63) is 120 Å². The Balaban J connectivity index is 1.21. The second-order valence-electron chi connectivity index (χ2n) is 8.62. The number of fused-ring (bicyclic) bond motifs is 4. The van der Waals surface area contributed by atoms with Gasteiger partial charge in [0.1, 0.15) is 0 Å². The Morgan fingerprint density at radius 1 is 0.323 bits per heavy atom. The van der Waals surface area contributed by atoms with Crippen LogP contribution >= 0.6 is 0 Å². The van der Waals surface area contributed by atoms with Crippen LogP contribution in [0.5, 0.6) is 0 Å². The second-order valence-corrected chi connectivity index (χ2v) is 8.62. The molecule has 0 aliphatic heterocycles. The first-order valence-electron chi connectivity index (χ1n) is 11.1. The van der Waals surface area contributed by atoms with Crippen LogP contribution in [0.25, 0.3) is 43.1 Å². The molecule has 0 bridgehead atoms. The highest BCUT2D eigenvalue weighted by Gasteiger charge is 2.03. The molecule has 31 heavy (non-hydrogen) atoms. The smallest absolute Gasteiger partial charge is 0.0175 e. The fraction of sp³-hybridized carbons (Fsp3) is 0.0968. The summed E-state index contributed by atoms with van der Waals surface area (Å²) in [6.45, 7) is 0. The third kappa shape index (κ3) is 3.55. The Morgan fingerprint density at radius 3 is 1.10 bits per heavy atom. The van der Waals surface area contributed by atoms with E-state index in [0.29, 0.717) is 0 Å². The quantitative estimate of drug-likeness (QED) is 0.262. The van der Waals surface area contributed by atoms with Gasteiger partial charge in [-0.05, 0) is 97.7 Å². The maximum Gasteiger partial charge on any atom is -0.0175 e. The van der Waals surface area contributed by atoms with Crippen molar-refractivity contribution in [2.45, 2.75) is 19.3 Å². The first-order valence-corrected chi connectivity index (χ1v) is 11.1. The summed E-state index contributed by atoms with van der Waals surface area (Å²) >= 11 is 0. The molecule has 0 saturated carbocycles. The molecular weight excluding hydrogens is 372 g/mol. The van der Waals surface area contributed by atoms with Crippen molar-refractivity contribution in [1.82, 2.24) is 0 Å².